The molecule has 1 unspecified atom stereocenters. The van der Waals surface area contributed by atoms with Gasteiger partial charge in [-0.3, -0.25) is 0 Å². The molecule has 0 aromatic rings. The van der Waals surface area contributed by atoms with Crippen LogP contribution in [0.15, 0.2) is 0 Å². The van der Waals surface area contributed by atoms with Gasteiger partial charge >= 0.3 is 51.4 Å². The van der Waals surface area contributed by atoms with Gasteiger partial charge < -0.3 is 6.15 Å². The average Bonchev–Trinajstić information content (AvgIpc) is 0. The summed E-state index contributed by atoms with van der Waals surface area (Å²) in [4.78, 5) is 0. The minimum absolute atomic E-state index is 0. The van der Waals surface area contributed by atoms with E-state index in [4.69, 9.17) is 0 Å². The molecular weight excluding hydrogens is 140 g/mol. The number of hydrogen-bond acceptors (Lipinski definition) is 1. The fraction of sp³-hybridized carbons (Fsp3) is 0. The molecule has 0 radical (unpaired) electrons. The summed E-state index contributed by atoms with van der Waals surface area (Å²) in [6.07, 6.45) is 0. The summed E-state index contributed by atoms with van der Waals surface area (Å²) < 4.78 is 0. The Morgan fingerprint density at radius 1 is 1.00 bits per heavy atom. The molecule has 0 amide bonds. The van der Waals surface area contributed by atoms with Crippen molar-refractivity contribution >= 4 is 61.3 Å². The topological polar surface area (TPSA) is 35.0 Å². The van der Waals surface area contributed by atoms with Crippen LogP contribution < -0.4 is 6.15 Å². The van der Waals surface area contributed by atoms with E-state index in [1.165, 1.54) is 0 Å². The van der Waals surface area contributed by atoms with Crippen molar-refractivity contribution in [2.75, 3.05) is 0 Å². The molecule has 0 aromatic carbocycles. The van der Waals surface area contributed by atoms with E-state index in [-0.39, 0.29) is 84.5 Å². The minimum atomic E-state index is 0. The molecule has 0 bridgehead atoms. The molecule has 0 saturated carbocycles. The summed E-state index contributed by atoms with van der Waals surface area (Å²) in [7, 11) is 0. The van der Waals surface area contributed by atoms with Crippen molar-refractivity contribution < 1.29 is 17.1 Å². The first kappa shape index (κ1) is 31.1. The van der Waals surface area contributed by atoms with E-state index in [2.05, 4.69) is 0 Å². The van der Waals surface area contributed by atoms with Crippen molar-refractivity contribution in [1.82, 2.24) is 6.15 Å². The van der Waals surface area contributed by atoms with E-state index in [1.807, 2.05) is 0 Å². The molecule has 1 atom stereocenters. The molecule has 26 valence electrons. The van der Waals surface area contributed by atoms with Crippen LogP contribution in [0, 0.1) is 0 Å². The number of rotatable bonds is 0. The van der Waals surface area contributed by atoms with E-state index in [0.717, 1.165) is 0 Å². The monoisotopic (exact) mass is 147 g/mol. The fourth-order valence-electron chi connectivity index (χ4n) is 0. The van der Waals surface area contributed by atoms with Crippen LogP contribution in [0.1, 0.15) is 0 Å². The van der Waals surface area contributed by atoms with Gasteiger partial charge in [-0.05, 0) is 0 Å². The Hall–Kier alpha value is 2.55. The first-order chi connectivity index (χ1) is 0. The van der Waals surface area contributed by atoms with Crippen LogP contribution >= 0.6 is 9.90 Å². The number of hydrogen-bond donors (Lipinski definition) is 1. The van der Waals surface area contributed by atoms with Gasteiger partial charge in [0.05, 0.1) is 0 Å². The van der Waals surface area contributed by atoms with Crippen LogP contribution in [-0.4, -0.2) is 51.4 Å². The molecule has 0 saturated heterocycles. The maximum absolute atomic E-state index is 0. The van der Waals surface area contributed by atoms with Gasteiger partial charge in [0.2, 0.25) is 0 Å². The van der Waals surface area contributed by atoms with Gasteiger partial charge in [-0.1, -0.05) is 0 Å². The molecule has 0 fully saturated rings. The van der Waals surface area contributed by atoms with E-state index in [0.29, 0.717) is 0 Å². The molecule has 1 nitrogen and oxygen atoms in total. The Morgan fingerprint density at radius 3 is 1.00 bits per heavy atom. The van der Waals surface area contributed by atoms with Crippen molar-refractivity contribution in [2.45, 2.75) is 0 Å². The standard InChI is InChI=1S/Fe.K.H3N.H3P.H/h;;2*1H3;. The van der Waals surface area contributed by atoms with Crippen LogP contribution in [0.3, 0.4) is 0 Å². The predicted molar refractivity (Wildman–Crippen MR) is 23.3 cm³/mol. The van der Waals surface area contributed by atoms with Crippen molar-refractivity contribution in [2.24, 2.45) is 0 Å². The van der Waals surface area contributed by atoms with E-state index >= 15 is 0 Å². The zero-order chi connectivity index (χ0) is 0. The molecule has 4 heteroatoms. The van der Waals surface area contributed by atoms with E-state index in [1.54, 1.807) is 0 Å². The molecule has 0 spiro atoms. The molecule has 0 aliphatic heterocycles. The van der Waals surface area contributed by atoms with Crippen LogP contribution in [-0.2, 0) is 17.1 Å². The normalized spacial score (nSPS) is 0. The fourth-order valence-corrected chi connectivity index (χ4v) is 0. The van der Waals surface area contributed by atoms with Crippen molar-refractivity contribution in [1.29, 1.82) is 0 Å². The summed E-state index contributed by atoms with van der Waals surface area (Å²) in [6, 6.07) is 0. The second-order valence-electron chi connectivity index (χ2n) is 0. The third kappa shape index (κ3) is 8.82. The van der Waals surface area contributed by atoms with Gasteiger partial charge in [-0.25, -0.2) is 0 Å². The van der Waals surface area contributed by atoms with E-state index in [9.17, 15) is 0 Å². The van der Waals surface area contributed by atoms with Gasteiger partial charge in [0.1, 0.15) is 0 Å². The van der Waals surface area contributed by atoms with Gasteiger partial charge in [0, 0.05) is 17.1 Å². The first-order valence-corrected chi connectivity index (χ1v) is 0. The molecule has 0 heterocycles. The van der Waals surface area contributed by atoms with Crippen molar-refractivity contribution in [3.05, 3.63) is 0 Å². The maximum atomic E-state index is 0. The zero-order valence-electron chi connectivity index (χ0n) is 1.77. The van der Waals surface area contributed by atoms with Crippen LogP contribution in [0.5, 0.6) is 0 Å². The van der Waals surface area contributed by atoms with Crippen LogP contribution in [0.2, 0.25) is 0 Å². The second-order valence-corrected chi connectivity index (χ2v) is 0. The predicted octanol–water partition coefficient (Wildman–Crippen LogP) is -0.431. The Labute approximate surface area is 82.8 Å². The Balaban J connectivity index is 0. The Morgan fingerprint density at radius 2 is 1.00 bits per heavy atom. The second kappa shape index (κ2) is 17.7. The van der Waals surface area contributed by atoms with Gasteiger partial charge in [-0.15, -0.1) is 0 Å². The summed E-state index contributed by atoms with van der Waals surface area (Å²) >= 11 is 0. The summed E-state index contributed by atoms with van der Waals surface area (Å²) in [5, 5.41) is 0. The molecular formula is H7FeKNP. The molecule has 3 N–H and O–H groups in total. The van der Waals surface area contributed by atoms with Crippen molar-refractivity contribution in [3.8, 4) is 0 Å². The quantitative estimate of drug-likeness (QED) is 0.366. The average molecular weight is 147 g/mol. The third-order valence-electron chi connectivity index (χ3n) is 0. The molecule has 0 aromatic heterocycles. The summed E-state index contributed by atoms with van der Waals surface area (Å²) in [5.74, 6) is 0. The molecule has 0 aliphatic rings. The molecule has 4 heavy (non-hydrogen) atoms. The van der Waals surface area contributed by atoms with Crippen molar-refractivity contribution in [3.63, 3.8) is 0 Å². The van der Waals surface area contributed by atoms with E-state index < -0.39 is 0 Å². The Kier molecular flexibility index (Phi) is 137. The Bertz CT molecular complexity index is 8.00. The summed E-state index contributed by atoms with van der Waals surface area (Å²) in [5.41, 5.74) is 0. The zero-order valence-corrected chi connectivity index (χ0v) is 4.29. The first-order valence-electron chi connectivity index (χ1n) is 0. The third-order valence-corrected chi connectivity index (χ3v) is 0. The van der Waals surface area contributed by atoms with Gasteiger partial charge in [-0.2, -0.15) is 9.90 Å². The van der Waals surface area contributed by atoms with Crippen LogP contribution in [0.4, 0.5) is 0 Å². The summed E-state index contributed by atoms with van der Waals surface area (Å²) in [6.45, 7) is 0. The van der Waals surface area contributed by atoms with Gasteiger partial charge in [0.15, 0.2) is 0 Å². The van der Waals surface area contributed by atoms with Crippen LogP contribution in [0.25, 0.3) is 0 Å². The molecule has 0 aliphatic carbocycles. The van der Waals surface area contributed by atoms with Gasteiger partial charge in [0.25, 0.3) is 0 Å². The SMILES string of the molecule is N.P.[Fe].[KH]. The molecule has 0 rings (SSSR count).